The van der Waals surface area contributed by atoms with E-state index >= 15 is 0 Å². The van der Waals surface area contributed by atoms with Crippen LogP contribution in [0.15, 0.2) is 58.0 Å². The van der Waals surface area contributed by atoms with Gasteiger partial charge in [0, 0.05) is 29.5 Å². The van der Waals surface area contributed by atoms with Crippen molar-refractivity contribution in [2.45, 2.75) is 37.5 Å². The van der Waals surface area contributed by atoms with Gasteiger partial charge in [0.05, 0.1) is 25.9 Å². The minimum atomic E-state index is -1.28. The number of nitrogens with zero attached hydrogens (tertiary/aromatic N) is 1. The maximum absolute atomic E-state index is 13.4. The number of hydrogen-bond donors (Lipinski definition) is 5. The van der Waals surface area contributed by atoms with E-state index in [2.05, 4.69) is 26.8 Å². The number of hydrazine groups is 1. The molecular formula is C24H30BrN3O6. The second-order valence-electron chi connectivity index (χ2n) is 8.02. The highest BCUT2D eigenvalue weighted by Gasteiger charge is 2.50. The van der Waals surface area contributed by atoms with Crippen molar-refractivity contribution in [3.8, 4) is 5.75 Å². The lowest BCUT2D eigenvalue weighted by molar-refractivity contribution is -0.129. The molecule has 0 saturated carbocycles. The molecular weight excluding hydrogens is 506 g/mol. The molecule has 5 N–H and O–H groups in total. The molecule has 0 aromatic heterocycles. The number of ether oxygens (including phenoxy) is 2. The normalized spacial score (nSPS) is 19.6. The number of carbonyl (C=O) groups excluding carboxylic acids is 1. The third-order valence-corrected chi connectivity index (χ3v) is 6.07. The Morgan fingerprint density at radius 3 is 2.44 bits per heavy atom. The Bertz CT molecular complexity index is 966. The molecule has 1 aliphatic rings. The van der Waals surface area contributed by atoms with Gasteiger partial charge in [-0.1, -0.05) is 28.1 Å². The fourth-order valence-corrected chi connectivity index (χ4v) is 3.75. The predicted octanol–water partition coefficient (Wildman–Crippen LogP) is 1.33. The zero-order chi connectivity index (χ0) is 24.6. The number of aliphatic imine (C=N–C) groups is 1. The minimum Gasteiger partial charge on any atom is -0.494 e. The smallest absolute Gasteiger partial charge is 0.266 e. The number of nitrogens with one attached hydrogen (secondary N) is 2. The van der Waals surface area contributed by atoms with Crippen LogP contribution in [0.25, 0.3) is 0 Å². The first-order chi connectivity index (χ1) is 16.4. The van der Waals surface area contributed by atoms with E-state index in [1.807, 2.05) is 24.3 Å². The van der Waals surface area contributed by atoms with Crippen LogP contribution < -0.4 is 15.6 Å². The first kappa shape index (κ1) is 26.1. The van der Waals surface area contributed by atoms with E-state index in [0.29, 0.717) is 30.2 Å². The topological polar surface area (TPSA) is 133 Å². The van der Waals surface area contributed by atoms with E-state index in [9.17, 15) is 15.0 Å². The van der Waals surface area contributed by atoms with Gasteiger partial charge in [-0.3, -0.25) is 10.2 Å². The van der Waals surface area contributed by atoms with E-state index in [0.717, 1.165) is 10.0 Å². The van der Waals surface area contributed by atoms with Crippen molar-refractivity contribution >= 4 is 27.7 Å². The fraction of sp³-hybridized carbons (Fsp3) is 0.417. The summed E-state index contributed by atoms with van der Waals surface area (Å²) in [5, 5.41) is 27.5. The summed E-state index contributed by atoms with van der Waals surface area (Å²) in [6.07, 6.45) is 0.240. The Balaban J connectivity index is 1.87. The molecule has 3 rings (SSSR count). The van der Waals surface area contributed by atoms with Crippen molar-refractivity contribution in [3.63, 3.8) is 0 Å². The summed E-state index contributed by atoms with van der Waals surface area (Å²) in [4.78, 5) is 18.1. The Morgan fingerprint density at radius 1 is 1.15 bits per heavy atom. The Morgan fingerprint density at radius 2 is 1.82 bits per heavy atom. The van der Waals surface area contributed by atoms with Crippen LogP contribution in [0.2, 0.25) is 0 Å². The molecule has 9 nitrogen and oxygen atoms in total. The minimum absolute atomic E-state index is 0.0648. The summed E-state index contributed by atoms with van der Waals surface area (Å²) in [6, 6.07) is 14.1. The van der Waals surface area contributed by atoms with E-state index < -0.39 is 23.6 Å². The van der Waals surface area contributed by atoms with Gasteiger partial charge in [0.2, 0.25) is 5.90 Å². The van der Waals surface area contributed by atoms with Crippen molar-refractivity contribution in [3.05, 3.63) is 64.1 Å². The van der Waals surface area contributed by atoms with E-state index in [4.69, 9.17) is 19.6 Å². The maximum Gasteiger partial charge on any atom is 0.266 e. The summed E-state index contributed by atoms with van der Waals surface area (Å²) >= 11 is 3.42. The molecule has 0 aliphatic carbocycles. The van der Waals surface area contributed by atoms with Crippen molar-refractivity contribution < 1.29 is 29.6 Å². The van der Waals surface area contributed by atoms with E-state index in [-0.39, 0.29) is 26.2 Å². The monoisotopic (exact) mass is 535 g/mol. The predicted molar refractivity (Wildman–Crippen MR) is 131 cm³/mol. The first-order valence-corrected chi connectivity index (χ1v) is 11.8. The van der Waals surface area contributed by atoms with Crippen LogP contribution in [0.4, 0.5) is 0 Å². The highest BCUT2D eigenvalue weighted by Crippen LogP contribution is 2.33. The van der Waals surface area contributed by atoms with Gasteiger partial charge in [0.25, 0.3) is 5.91 Å². The van der Waals surface area contributed by atoms with Crippen LogP contribution >= 0.6 is 15.9 Å². The summed E-state index contributed by atoms with van der Waals surface area (Å²) in [7, 11) is 0. The van der Waals surface area contributed by atoms with Crippen molar-refractivity contribution in [1.82, 2.24) is 10.9 Å². The lowest BCUT2D eigenvalue weighted by Crippen LogP contribution is -2.58. The number of amides is 1. The van der Waals surface area contributed by atoms with Crippen LogP contribution in [0, 0.1) is 0 Å². The average molecular weight is 536 g/mol. The maximum atomic E-state index is 13.4. The molecule has 0 saturated heterocycles. The molecule has 2 atom stereocenters. The molecule has 34 heavy (non-hydrogen) atoms. The SMILES string of the molecule is C[C@@H]1OC(c2ccc(OCCCO)cc2)=N[C@]1(Cc1ccc(Br)cc1)C(=O)NNC(CO)CO. The van der Waals surface area contributed by atoms with Crippen LogP contribution in [0.5, 0.6) is 5.75 Å². The summed E-state index contributed by atoms with van der Waals surface area (Å²) in [6.45, 7) is 1.58. The second kappa shape index (κ2) is 12.3. The van der Waals surface area contributed by atoms with E-state index in [1.165, 1.54) is 0 Å². The van der Waals surface area contributed by atoms with Crippen molar-refractivity contribution in [2.24, 2.45) is 4.99 Å². The van der Waals surface area contributed by atoms with Crippen molar-refractivity contribution in [1.29, 1.82) is 0 Å². The number of halogens is 1. The molecule has 0 fully saturated rings. The zero-order valence-corrected chi connectivity index (χ0v) is 20.5. The van der Waals surface area contributed by atoms with Crippen LogP contribution in [-0.2, 0) is 16.0 Å². The molecule has 0 radical (unpaired) electrons. The standard InChI is InChI=1S/C24H30BrN3O6/c1-16-24(13-17-3-7-19(25)8-4-17,23(32)28-27-20(14-30)15-31)26-22(34-16)18-5-9-21(10-6-18)33-12-2-11-29/h3-10,16,20,27,29-31H,2,11-15H2,1H3,(H,28,32)/t16-,24-/m0/s1. The molecule has 1 heterocycles. The summed E-state index contributed by atoms with van der Waals surface area (Å²) in [5.74, 6) is 0.558. The highest BCUT2D eigenvalue weighted by molar-refractivity contribution is 9.10. The lowest BCUT2D eigenvalue weighted by atomic mass is 9.86. The number of aliphatic hydroxyl groups is 3. The largest absolute Gasteiger partial charge is 0.494 e. The molecule has 0 unspecified atom stereocenters. The third kappa shape index (κ3) is 6.34. The number of benzene rings is 2. The highest BCUT2D eigenvalue weighted by atomic mass is 79.9. The fourth-order valence-electron chi connectivity index (χ4n) is 3.48. The number of rotatable bonds is 12. The molecule has 2 aromatic rings. The van der Waals surface area contributed by atoms with Gasteiger partial charge in [-0.2, -0.15) is 0 Å². The molecule has 1 amide bonds. The van der Waals surface area contributed by atoms with Gasteiger partial charge in [-0.15, -0.1) is 0 Å². The van der Waals surface area contributed by atoms with Crippen molar-refractivity contribution in [2.75, 3.05) is 26.4 Å². The molecule has 10 heteroatoms. The molecule has 184 valence electrons. The quantitative estimate of drug-likeness (QED) is 0.204. The number of carbonyl (C=O) groups is 1. The van der Waals surface area contributed by atoms with E-state index in [1.54, 1.807) is 31.2 Å². The molecule has 0 spiro atoms. The summed E-state index contributed by atoms with van der Waals surface area (Å²) in [5.41, 5.74) is 5.57. The van der Waals surface area contributed by atoms with Gasteiger partial charge < -0.3 is 24.8 Å². The Labute approximate surface area is 206 Å². The number of hydrogen-bond acceptors (Lipinski definition) is 8. The third-order valence-electron chi connectivity index (χ3n) is 5.55. The van der Waals surface area contributed by atoms with Gasteiger partial charge in [0.15, 0.2) is 5.54 Å². The average Bonchev–Trinajstić information content (AvgIpc) is 3.18. The molecule has 1 aliphatic heterocycles. The zero-order valence-electron chi connectivity index (χ0n) is 18.9. The van der Waals surface area contributed by atoms with Gasteiger partial charge in [0.1, 0.15) is 11.9 Å². The first-order valence-electron chi connectivity index (χ1n) is 11.0. The van der Waals surface area contributed by atoms with Gasteiger partial charge in [-0.25, -0.2) is 10.4 Å². The van der Waals surface area contributed by atoms with Crippen LogP contribution in [-0.4, -0.2) is 71.2 Å². The lowest BCUT2D eigenvalue weighted by Gasteiger charge is -2.29. The van der Waals surface area contributed by atoms with Crippen LogP contribution in [0.1, 0.15) is 24.5 Å². The van der Waals surface area contributed by atoms with Gasteiger partial charge >= 0.3 is 0 Å². The van der Waals surface area contributed by atoms with Gasteiger partial charge in [-0.05, 0) is 48.9 Å². The Kier molecular flexibility index (Phi) is 9.43. The van der Waals surface area contributed by atoms with Crippen LogP contribution in [0.3, 0.4) is 0 Å². The second-order valence-corrected chi connectivity index (χ2v) is 8.93. The number of aliphatic hydroxyl groups excluding tert-OH is 3. The summed E-state index contributed by atoms with van der Waals surface area (Å²) < 4.78 is 12.6. The molecule has 0 bridgehead atoms. The Hall–Kier alpha value is -2.50. The molecule has 2 aromatic carbocycles.